The molecule has 0 unspecified atom stereocenters. The summed E-state index contributed by atoms with van der Waals surface area (Å²) in [5.74, 6) is 0.498. The standard InChI is InChI=1S/C17H25FN4O/c1-2-19-17(21-13-16(23)22-11-3-4-12-22)20-10-9-14-5-7-15(18)8-6-14/h5-8H,2-4,9-13H2,1H3,(H2,19,20,21). The molecule has 1 fully saturated rings. The molecule has 1 aromatic rings. The van der Waals surface area contributed by atoms with Crippen molar-refractivity contribution >= 4 is 11.9 Å². The summed E-state index contributed by atoms with van der Waals surface area (Å²) >= 11 is 0. The van der Waals surface area contributed by atoms with E-state index in [0.717, 1.165) is 44.5 Å². The molecule has 1 aliphatic heterocycles. The predicted molar refractivity (Wildman–Crippen MR) is 89.9 cm³/mol. The molecule has 5 nitrogen and oxygen atoms in total. The first-order valence-corrected chi connectivity index (χ1v) is 8.23. The highest BCUT2D eigenvalue weighted by Gasteiger charge is 2.17. The molecule has 126 valence electrons. The SMILES string of the molecule is CCNC(=NCC(=O)N1CCCC1)NCCc1ccc(F)cc1. The van der Waals surface area contributed by atoms with Crippen LogP contribution in [0.15, 0.2) is 29.3 Å². The summed E-state index contributed by atoms with van der Waals surface area (Å²) in [6, 6.07) is 6.47. The lowest BCUT2D eigenvalue weighted by Crippen LogP contribution is -2.39. The fourth-order valence-electron chi connectivity index (χ4n) is 2.53. The number of guanidine groups is 1. The van der Waals surface area contributed by atoms with Crippen molar-refractivity contribution in [3.63, 3.8) is 0 Å². The average Bonchev–Trinajstić information content (AvgIpc) is 3.08. The minimum Gasteiger partial charge on any atom is -0.357 e. The number of nitrogens with one attached hydrogen (secondary N) is 2. The van der Waals surface area contributed by atoms with Crippen LogP contribution < -0.4 is 10.6 Å². The largest absolute Gasteiger partial charge is 0.357 e. The molecule has 23 heavy (non-hydrogen) atoms. The Balaban J connectivity index is 1.78. The fraction of sp³-hybridized carbons (Fsp3) is 0.529. The first kappa shape index (κ1) is 17.2. The zero-order chi connectivity index (χ0) is 16.5. The van der Waals surface area contributed by atoms with Crippen LogP contribution in [0.5, 0.6) is 0 Å². The Morgan fingerprint density at radius 3 is 2.57 bits per heavy atom. The van der Waals surface area contributed by atoms with Gasteiger partial charge in [0.15, 0.2) is 5.96 Å². The Labute approximate surface area is 137 Å². The predicted octanol–water partition coefficient (Wildman–Crippen LogP) is 1.55. The lowest BCUT2D eigenvalue weighted by atomic mass is 10.1. The minimum atomic E-state index is -0.225. The van der Waals surface area contributed by atoms with Gasteiger partial charge in [0.1, 0.15) is 12.4 Å². The van der Waals surface area contributed by atoms with Crippen LogP contribution in [0.1, 0.15) is 25.3 Å². The van der Waals surface area contributed by atoms with E-state index < -0.39 is 0 Å². The lowest BCUT2D eigenvalue weighted by Gasteiger charge is -2.15. The highest BCUT2D eigenvalue weighted by Crippen LogP contribution is 2.07. The van der Waals surface area contributed by atoms with Crippen LogP contribution >= 0.6 is 0 Å². The summed E-state index contributed by atoms with van der Waals surface area (Å²) in [6.45, 7) is 5.27. The summed E-state index contributed by atoms with van der Waals surface area (Å²) in [5, 5.41) is 6.34. The van der Waals surface area contributed by atoms with Crippen molar-refractivity contribution in [1.29, 1.82) is 0 Å². The molecule has 2 rings (SSSR count). The molecule has 0 saturated carbocycles. The van der Waals surface area contributed by atoms with Gasteiger partial charge < -0.3 is 15.5 Å². The Bertz CT molecular complexity index is 524. The van der Waals surface area contributed by atoms with Gasteiger partial charge in [-0.2, -0.15) is 0 Å². The van der Waals surface area contributed by atoms with E-state index in [-0.39, 0.29) is 18.3 Å². The van der Waals surface area contributed by atoms with Crippen LogP contribution in [-0.2, 0) is 11.2 Å². The molecule has 0 radical (unpaired) electrons. The van der Waals surface area contributed by atoms with Gasteiger partial charge in [0.05, 0.1) is 0 Å². The Morgan fingerprint density at radius 1 is 1.22 bits per heavy atom. The van der Waals surface area contributed by atoms with E-state index in [0.29, 0.717) is 12.5 Å². The lowest BCUT2D eigenvalue weighted by molar-refractivity contribution is -0.128. The van der Waals surface area contributed by atoms with E-state index in [4.69, 9.17) is 0 Å². The molecular formula is C17H25FN4O. The van der Waals surface area contributed by atoms with E-state index >= 15 is 0 Å². The summed E-state index contributed by atoms with van der Waals surface area (Å²) < 4.78 is 12.9. The number of benzene rings is 1. The third kappa shape index (κ3) is 5.88. The quantitative estimate of drug-likeness (QED) is 0.618. The maximum absolute atomic E-state index is 12.9. The number of likely N-dealkylation sites (tertiary alicyclic amines) is 1. The first-order chi connectivity index (χ1) is 11.2. The summed E-state index contributed by atoms with van der Waals surface area (Å²) in [4.78, 5) is 18.2. The van der Waals surface area contributed by atoms with Crippen LogP contribution in [0.3, 0.4) is 0 Å². The molecule has 6 heteroatoms. The van der Waals surface area contributed by atoms with Crippen LogP contribution in [-0.4, -0.2) is 49.5 Å². The van der Waals surface area contributed by atoms with Crippen molar-refractivity contribution in [2.24, 2.45) is 4.99 Å². The number of carbonyl (C=O) groups excluding carboxylic acids is 1. The fourth-order valence-corrected chi connectivity index (χ4v) is 2.53. The second-order valence-electron chi connectivity index (χ2n) is 5.59. The smallest absolute Gasteiger partial charge is 0.244 e. The van der Waals surface area contributed by atoms with Gasteiger partial charge in [-0.3, -0.25) is 4.79 Å². The zero-order valence-corrected chi connectivity index (χ0v) is 13.6. The second-order valence-corrected chi connectivity index (χ2v) is 5.59. The Hall–Kier alpha value is -2.11. The van der Waals surface area contributed by atoms with Crippen LogP contribution in [0.2, 0.25) is 0 Å². The van der Waals surface area contributed by atoms with Gasteiger partial charge in [-0.25, -0.2) is 9.38 Å². The molecule has 0 atom stereocenters. The summed E-state index contributed by atoms with van der Waals surface area (Å²) in [5.41, 5.74) is 1.06. The molecule has 0 spiro atoms. The van der Waals surface area contributed by atoms with Crippen molar-refractivity contribution in [2.75, 3.05) is 32.7 Å². The van der Waals surface area contributed by atoms with Crippen molar-refractivity contribution in [3.8, 4) is 0 Å². The molecule has 0 aromatic heterocycles. The number of aliphatic imine (C=N–C) groups is 1. The van der Waals surface area contributed by atoms with E-state index in [1.165, 1.54) is 12.1 Å². The zero-order valence-electron chi connectivity index (χ0n) is 13.6. The normalized spacial score (nSPS) is 14.9. The number of halogens is 1. The molecular weight excluding hydrogens is 295 g/mol. The Kier molecular flexibility index (Phi) is 6.84. The van der Waals surface area contributed by atoms with Crippen molar-refractivity contribution in [2.45, 2.75) is 26.2 Å². The average molecular weight is 320 g/mol. The minimum absolute atomic E-state index is 0.0817. The summed E-state index contributed by atoms with van der Waals surface area (Å²) in [7, 11) is 0. The van der Waals surface area contributed by atoms with Gasteiger partial charge in [-0.1, -0.05) is 12.1 Å². The highest BCUT2D eigenvalue weighted by molar-refractivity contribution is 5.85. The van der Waals surface area contributed by atoms with Crippen LogP contribution in [0.25, 0.3) is 0 Å². The Morgan fingerprint density at radius 2 is 1.91 bits per heavy atom. The topological polar surface area (TPSA) is 56.7 Å². The van der Waals surface area contributed by atoms with Gasteiger partial charge in [0.2, 0.25) is 5.91 Å². The highest BCUT2D eigenvalue weighted by atomic mass is 19.1. The molecule has 2 N–H and O–H groups in total. The first-order valence-electron chi connectivity index (χ1n) is 8.23. The molecule has 0 bridgehead atoms. The number of amides is 1. The van der Waals surface area contributed by atoms with Crippen molar-refractivity contribution in [3.05, 3.63) is 35.6 Å². The monoisotopic (exact) mass is 320 g/mol. The van der Waals surface area contributed by atoms with Gasteiger partial charge in [-0.15, -0.1) is 0 Å². The van der Waals surface area contributed by atoms with Gasteiger partial charge in [0, 0.05) is 26.2 Å². The van der Waals surface area contributed by atoms with E-state index in [1.54, 1.807) is 12.1 Å². The number of hydrogen-bond acceptors (Lipinski definition) is 2. The van der Waals surface area contributed by atoms with E-state index in [9.17, 15) is 9.18 Å². The molecule has 1 heterocycles. The maximum Gasteiger partial charge on any atom is 0.244 e. The molecule has 0 aliphatic carbocycles. The van der Waals surface area contributed by atoms with Crippen LogP contribution in [0, 0.1) is 5.82 Å². The third-order valence-electron chi connectivity index (χ3n) is 3.79. The van der Waals surface area contributed by atoms with Gasteiger partial charge in [0.25, 0.3) is 0 Å². The van der Waals surface area contributed by atoms with E-state index in [1.807, 2.05) is 11.8 Å². The van der Waals surface area contributed by atoms with Gasteiger partial charge >= 0.3 is 0 Å². The number of rotatable bonds is 6. The maximum atomic E-state index is 12.9. The number of hydrogen-bond donors (Lipinski definition) is 2. The molecule has 1 aliphatic rings. The third-order valence-corrected chi connectivity index (χ3v) is 3.79. The van der Waals surface area contributed by atoms with E-state index in [2.05, 4.69) is 15.6 Å². The molecule has 1 aromatic carbocycles. The second kappa shape index (κ2) is 9.12. The summed E-state index contributed by atoms with van der Waals surface area (Å²) in [6.07, 6.45) is 2.95. The van der Waals surface area contributed by atoms with Crippen molar-refractivity contribution < 1.29 is 9.18 Å². The molecule has 1 amide bonds. The number of nitrogens with zero attached hydrogens (tertiary/aromatic N) is 2. The number of carbonyl (C=O) groups is 1. The van der Waals surface area contributed by atoms with Crippen molar-refractivity contribution in [1.82, 2.24) is 15.5 Å². The van der Waals surface area contributed by atoms with Crippen LogP contribution in [0.4, 0.5) is 4.39 Å². The molecule has 1 saturated heterocycles. The van der Waals surface area contributed by atoms with Gasteiger partial charge in [-0.05, 0) is 43.9 Å².